The summed E-state index contributed by atoms with van der Waals surface area (Å²) in [5.74, 6) is -0.882. The van der Waals surface area contributed by atoms with Crippen LogP contribution in [0.4, 0.5) is 13.2 Å². The van der Waals surface area contributed by atoms with Crippen LogP contribution >= 0.6 is 11.6 Å². The fourth-order valence-corrected chi connectivity index (χ4v) is 3.16. The second-order valence-corrected chi connectivity index (χ2v) is 6.58. The summed E-state index contributed by atoms with van der Waals surface area (Å²) in [6, 6.07) is 2.70. The number of hydrogen-bond donors (Lipinski definition) is 2. The topological polar surface area (TPSA) is 71.8 Å². The molecule has 0 aromatic carbocycles. The van der Waals surface area contributed by atoms with Crippen LogP contribution in [0.5, 0.6) is 0 Å². The van der Waals surface area contributed by atoms with Crippen molar-refractivity contribution in [1.82, 2.24) is 25.4 Å². The van der Waals surface area contributed by atoms with Crippen molar-refractivity contribution < 1.29 is 18.0 Å². The Kier molecular flexibility index (Phi) is 5.19. The molecule has 140 valence electrons. The van der Waals surface area contributed by atoms with Gasteiger partial charge in [-0.05, 0) is 37.6 Å². The summed E-state index contributed by atoms with van der Waals surface area (Å²) in [7, 11) is 0. The zero-order valence-corrected chi connectivity index (χ0v) is 14.6. The van der Waals surface area contributed by atoms with Crippen molar-refractivity contribution in [3.8, 4) is 5.82 Å². The fraction of sp³-hybridized carbons (Fsp3) is 0.438. The van der Waals surface area contributed by atoms with Gasteiger partial charge in [0.2, 0.25) is 0 Å². The molecule has 10 heteroatoms. The number of alkyl halides is 3. The lowest BCUT2D eigenvalue weighted by Crippen LogP contribution is -2.48. The zero-order valence-electron chi connectivity index (χ0n) is 13.8. The van der Waals surface area contributed by atoms with Crippen LogP contribution in [0.1, 0.15) is 29.4 Å². The number of piperidine rings is 1. The highest BCUT2D eigenvalue weighted by atomic mass is 35.5. The van der Waals surface area contributed by atoms with Crippen LogP contribution in [0, 0.1) is 5.92 Å². The van der Waals surface area contributed by atoms with Gasteiger partial charge in [0.15, 0.2) is 11.5 Å². The third-order valence-corrected chi connectivity index (χ3v) is 4.62. The Morgan fingerprint density at radius 3 is 2.88 bits per heavy atom. The van der Waals surface area contributed by atoms with Crippen molar-refractivity contribution in [1.29, 1.82) is 0 Å². The number of pyridine rings is 1. The molecule has 1 aliphatic heterocycles. The Labute approximate surface area is 152 Å². The van der Waals surface area contributed by atoms with Gasteiger partial charge >= 0.3 is 6.18 Å². The third-order valence-electron chi connectivity index (χ3n) is 4.32. The number of rotatable bonds is 3. The number of nitrogens with one attached hydrogen (secondary N) is 2. The van der Waals surface area contributed by atoms with Crippen LogP contribution in [0.2, 0.25) is 5.02 Å². The van der Waals surface area contributed by atoms with E-state index >= 15 is 0 Å². The molecule has 2 aromatic rings. The largest absolute Gasteiger partial charge is 0.434 e. The van der Waals surface area contributed by atoms with Gasteiger partial charge in [-0.2, -0.15) is 18.3 Å². The number of hydrogen-bond acceptors (Lipinski definition) is 4. The van der Waals surface area contributed by atoms with Crippen molar-refractivity contribution in [2.75, 3.05) is 13.1 Å². The minimum Gasteiger partial charge on any atom is -0.349 e. The van der Waals surface area contributed by atoms with Gasteiger partial charge < -0.3 is 10.6 Å². The Morgan fingerprint density at radius 2 is 2.23 bits per heavy atom. The predicted octanol–water partition coefficient (Wildman–Crippen LogP) is 2.67. The molecule has 1 aliphatic rings. The minimum atomic E-state index is -4.80. The number of nitrogens with zero attached hydrogens (tertiary/aromatic N) is 3. The molecule has 0 saturated carbocycles. The lowest BCUT2D eigenvalue weighted by atomic mass is 9.95. The van der Waals surface area contributed by atoms with Crippen molar-refractivity contribution in [3.63, 3.8) is 0 Å². The Morgan fingerprint density at radius 1 is 1.46 bits per heavy atom. The maximum atomic E-state index is 13.7. The highest BCUT2D eigenvalue weighted by Crippen LogP contribution is 2.34. The molecule has 3 rings (SSSR count). The van der Waals surface area contributed by atoms with Gasteiger partial charge in [0, 0.05) is 12.2 Å². The molecule has 0 spiro atoms. The summed E-state index contributed by atoms with van der Waals surface area (Å²) < 4.78 is 41.5. The van der Waals surface area contributed by atoms with Crippen LogP contribution < -0.4 is 10.6 Å². The molecule has 0 aliphatic carbocycles. The summed E-state index contributed by atoms with van der Waals surface area (Å²) in [5, 5.41) is 9.59. The monoisotopic (exact) mass is 387 g/mol. The van der Waals surface area contributed by atoms with Crippen molar-refractivity contribution in [2.45, 2.75) is 25.6 Å². The first kappa shape index (κ1) is 18.7. The molecule has 2 aromatic heterocycles. The van der Waals surface area contributed by atoms with Crippen LogP contribution in [0.25, 0.3) is 5.82 Å². The fourth-order valence-electron chi connectivity index (χ4n) is 2.96. The number of aromatic nitrogens is 3. The van der Waals surface area contributed by atoms with Gasteiger partial charge in [0.25, 0.3) is 5.91 Å². The lowest BCUT2D eigenvalue weighted by Gasteiger charge is -2.30. The van der Waals surface area contributed by atoms with Crippen molar-refractivity contribution >= 4 is 17.5 Å². The summed E-state index contributed by atoms with van der Waals surface area (Å²) in [4.78, 5) is 16.4. The standard InChI is InChI=1S/C16H17ClF3N5O/c1-9-7-21-6-4-12(9)24-15(26)10-8-23-25(13(10)16(18,19)20)14-11(17)3-2-5-22-14/h2-3,5,8-9,12,21H,4,6-7H2,1H3,(H,24,26). The van der Waals surface area contributed by atoms with E-state index in [0.29, 0.717) is 24.2 Å². The number of amides is 1. The minimum absolute atomic E-state index is 0.0000327. The normalized spacial score (nSPS) is 20.8. The van der Waals surface area contributed by atoms with E-state index < -0.39 is 23.3 Å². The Hall–Kier alpha value is -2.13. The van der Waals surface area contributed by atoms with E-state index in [9.17, 15) is 18.0 Å². The van der Waals surface area contributed by atoms with E-state index in [2.05, 4.69) is 20.7 Å². The summed E-state index contributed by atoms with van der Waals surface area (Å²) in [6.07, 6.45) is -1.95. The molecule has 26 heavy (non-hydrogen) atoms. The quantitative estimate of drug-likeness (QED) is 0.849. The van der Waals surface area contributed by atoms with E-state index in [1.54, 1.807) is 0 Å². The first-order valence-corrected chi connectivity index (χ1v) is 8.44. The zero-order chi connectivity index (χ0) is 18.9. The van der Waals surface area contributed by atoms with Crippen molar-refractivity contribution in [3.05, 3.63) is 40.8 Å². The van der Waals surface area contributed by atoms with Gasteiger partial charge in [-0.15, -0.1) is 0 Å². The average Bonchev–Trinajstić information content (AvgIpc) is 3.02. The lowest BCUT2D eigenvalue weighted by molar-refractivity contribution is -0.143. The Bertz CT molecular complexity index is 807. The van der Waals surface area contributed by atoms with Crippen LogP contribution in [0.15, 0.2) is 24.5 Å². The number of halogens is 4. The van der Waals surface area contributed by atoms with E-state index in [1.165, 1.54) is 18.3 Å². The first-order valence-electron chi connectivity index (χ1n) is 8.06. The first-order chi connectivity index (χ1) is 12.3. The molecule has 2 unspecified atom stereocenters. The van der Waals surface area contributed by atoms with E-state index in [0.717, 1.165) is 6.20 Å². The number of carbonyl (C=O) groups excluding carboxylic acids is 1. The van der Waals surface area contributed by atoms with Gasteiger partial charge in [-0.1, -0.05) is 18.5 Å². The van der Waals surface area contributed by atoms with Crippen molar-refractivity contribution in [2.24, 2.45) is 5.92 Å². The molecule has 0 bridgehead atoms. The van der Waals surface area contributed by atoms with Gasteiger partial charge in [-0.3, -0.25) is 4.79 Å². The van der Waals surface area contributed by atoms with Gasteiger partial charge in [0.1, 0.15) is 0 Å². The maximum absolute atomic E-state index is 13.7. The smallest absolute Gasteiger partial charge is 0.349 e. The highest BCUT2D eigenvalue weighted by Gasteiger charge is 2.41. The summed E-state index contributed by atoms with van der Waals surface area (Å²) in [5.41, 5.74) is -1.75. The second-order valence-electron chi connectivity index (χ2n) is 6.18. The summed E-state index contributed by atoms with van der Waals surface area (Å²) >= 11 is 5.95. The number of carbonyl (C=O) groups is 1. The SMILES string of the molecule is CC1CNCCC1NC(=O)c1cnn(-c2ncccc2Cl)c1C(F)(F)F. The predicted molar refractivity (Wildman–Crippen MR) is 89.3 cm³/mol. The third kappa shape index (κ3) is 3.68. The average molecular weight is 388 g/mol. The van der Waals surface area contributed by atoms with Crippen LogP contribution in [-0.2, 0) is 6.18 Å². The highest BCUT2D eigenvalue weighted by molar-refractivity contribution is 6.32. The summed E-state index contributed by atoms with van der Waals surface area (Å²) in [6.45, 7) is 3.32. The molecule has 2 N–H and O–H groups in total. The second kappa shape index (κ2) is 7.24. The van der Waals surface area contributed by atoms with E-state index in [-0.39, 0.29) is 22.8 Å². The van der Waals surface area contributed by atoms with Gasteiger partial charge in [0.05, 0.1) is 16.8 Å². The van der Waals surface area contributed by atoms with Gasteiger partial charge in [-0.25, -0.2) is 9.67 Å². The van der Waals surface area contributed by atoms with Crippen LogP contribution in [0.3, 0.4) is 0 Å². The molecule has 2 atom stereocenters. The Balaban J connectivity index is 1.97. The van der Waals surface area contributed by atoms with E-state index in [1.807, 2.05) is 6.92 Å². The molecular weight excluding hydrogens is 371 g/mol. The molecular formula is C16H17ClF3N5O. The molecule has 3 heterocycles. The maximum Gasteiger partial charge on any atom is 0.434 e. The molecule has 6 nitrogen and oxygen atoms in total. The molecule has 1 saturated heterocycles. The molecule has 1 amide bonds. The van der Waals surface area contributed by atoms with Crippen LogP contribution in [-0.4, -0.2) is 39.8 Å². The molecule has 1 fully saturated rings. The van der Waals surface area contributed by atoms with E-state index in [4.69, 9.17) is 11.6 Å². The molecule has 0 radical (unpaired) electrons.